The lowest BCUT2D eigenvalue weighted by Crippen LogP contribution is -2.65. The molecule has 1 N–H and O–H groups in total. The largest absolute Gasteiger partial charge is 0.461 e. The van der Waals surface area contributed by atoms with Gasteiger partial charge >= 0.3 is 11.9 Å². The Bertz CT molecular complexity index is 983. The predicted octanol–water partition coefficient (Wildman–Crippen LogP) is 2.41. The van der Waals surface area contributed by atoms with Crippen LogP contribution in [0.15, 0.2) is 71.9 Å². The van der Waals surface area contributed by atoms with Crippen LogP contribution in [0, 0.1) is 0 Å². The molecule has 160 valence electrons. The summed E-state index contributed by atoms with van der Waals surface area (Å²) in [5.74, 6) is -1.43. The van der Waals surface area contributed by atoms with Crippen molar-refractivity contribution in [2.75, 3.05) is 12.4 Å². The number of fused-ring (bicyclic) bond motifs is 1. The third-order valence-corrected chi connectivity index (χ3v) is 6.42. The summed E-state index contributed by atoms with van der Waals surface area (Å²) in [7, 11) is 0. The average Bonchev–Trinajstić information content (AvgIpc) is 2.80. The first-order valence-electron chi connectivity index (χ1n) is 9.76. The quantitative estimate of drug-likeness (QED) is 0.546. The van der Waals surface area contributed by atoms with Crippen LogP contribution in [0.25, 0.3) is 0 Å². The first kappa shape index (κ1) is 21.1. The van der Waals surface area contributed by atoms with E-state index >= 15 is 0 Å². The van der Waals surface area contributed by atoms with Gasteiger partial charge in [0.1, 0.15) is 17.7 Å². The summed E-state index contributed by atoms with van der Waals surface area (Å²) in [5.41, 5.74) is 2.07. The number of nitrogens with zero attached hydrogens (tertiary/aromatic N) is 1. The number of thioether (sulfide) groups is 1. The Morgan fingerprint density at radius 2 is 1.68 bits per heavy atom. The van der Waals surface area contributed by atoms with E-state index in [2.05, 4.69) is 0 Å². The first-order valence-corrected chi connectivity index (χ1v) is 10.8. The Morgan fingerprint density at radius 3 is 2.23 bits per heavy atom. The van der Waals surface area contributed by atoms with Gasteiger partial charge in [0.25, 0.3) is 5.91 Å². The number of hydrogen-bond donors (Lipinski definition) is 1. The maximum atomic E-state index is 13.3. The monoisotopic (exact) mass is 439 g/mol. The fourth-order valence-corrected chi connectivity index (χ4v) is 4.81. The third kappa shape index (κ3) is 4.22. The molecule has 0 spiro atoms. The number of aliphatic hydroxyl groups excluding tert-OH is 1. The summed E-state index contributed by atoms with van der Waals surface area (Å²) in [4.78, 5) is 38.2. The van der Waals surface area contributed by atoms with Crippen LogP contribution in [-0.4, -0.2) is 51.7 Å². The lowest BCUT2D eigenvalue weighted by atomic mass is 10.0. The number of esters is 2. The van der Waals surface area contributed by atoms with Crippen LogP contribution in [0.2, 0.25) is 0 Å². The van der Waals surface area contributed by atoms with Crippen molar-refractivity contribution in [1.82, 2.24) is 4.90 Å². The van der Waals surface area contributed by atoms with Gasteiger partial charge < -0.3 is 14.6 Å². The van der Waals surface area contributed by atoms with Crippen LogP contribution < -0.4 is 0 Å². The lowest BCUT2D eigenvalue weighted by molar-refractivity contribution is -0.162. The van der Waals surface area contributed by atoms with E-state index in [9.17, 15) is 19.5 Å². The number of aliphatic hydroxyl groups is 1. The third-order valence-electron chi connectivity index (χ3n) is 5.09. The maximum absolute atomic E-state index is 13.3. The van der Waals surface area contributed by atoms with Crippen LogP contribution in [0.3, 0.4) is 0 Å². The molecule has 1 fully saturated rings. The van der Waals surface area contributed by atoms with Crippen molar-refractivity contribution in [3.63, 3.8) is 0 Å². The molecule has 0 bridgehead atoms. The van der Waals surface area contributed by atoms with Crippen molar-refractivity contribution in [3.05, 3.63) is 83.1 Å². The molecule has 4 rings (SSSR count). The summed E-state index contributed by atoms with van der Waals surface area (Å²) in [6.45, 7) is 1.15. The van der Waals surface area contributed by atoms with Gasteiger partial charge in [0.15, 0.2) is 12.2 Å². The molecule has 1 saturated heterocycles. The van der Waals surface area contributed by atoms with Crippen molar-refractivity contribution in [2.24, 2.45) is 0 Å². The van der Waals surface area contributed by atoms with E-state index in [1.807, 2.05) is 60.7 Å². The number of carbonyl (C=O) groups excluding carboxylic acids is 3. The fraction of sp³-hybridized carbons (Fsp3) is 0.261. The second-order valence-corrected chi connectivity index (χ2v) is 8.30. The van der Waals surface area contributed by atoms with E-state index in [1.54, 1.807) is 0 Å². The van der Waals surface area contributed by atoms with Gasteiger partial charge in [-0.25, -0.2) is 4.79 Å². The zero-order valence-corrected chi connectivity index (χ0v) is 17.6. The predicted molar refractivity (Wildman–Crippen MR) is 114 cm³/mol. The Morgan fingerprint density at radius 1 is 1.10 bits per heavy atom. The molecular formula is C23H21NO6S. The molecular weight excluding hydrogens is 418 g/mol. The highest BCUT2D eigenvalue weighted by Crippen LogP contribution is 2.41. The van der Waals surface area contributed by atoms with Crippen LogP contribution >= 0.6 is 11.8 Å². The van der Waals surface area contributed by atoms with E-state index in [1.165, 1.54) is 23.6 Å². The lowest BCUT2D eigenvalue weighted by Gasteiger charge is -2.47. The summed E-state index contributed by atoms with van der Waals surface area (Å²) in [6, 6.07) is 18.6. The maximum Gasteiger partial charge on any atom is 0.356 e. The number of carbonyl (C=O) groups is 3. The highest BCUT2D eigenvalue weighted by Gasteiger charge is 2.53. The second-order valence-electron chi connectivity index (χ2n) is 7.19. The molecule has 1 amide bonds. The number of amides is 1. The molecule has 2 aliphatic heterocycles. The van der Waals surface area contributed by atoms with Crippen molar-refractivity contribution >= 4 is 29.6 Å². The molecule has 2 aromatic carbocycles. The standard InChI is InChI=1S/C23H21NO6S/c1-14(25)29-12-17-13-31-22-19(26)21(27)24(22)18(17)23(28)30-20(15-8-4-2-5-9-15)16-10-6-3-7-11-16/h2-11,19-20,22,26H,12-13H2,1H3/t19-,22-/m1/s1. The Hall–Kier alpha value is -3.10. The van der Waals surface area contributed by atoms with Crippen LogP contribution in [0.1, 0.15) is 24.2 Å². The van der Waals surface area contributed by atoms with E-state index in [0.717, 1.165) is 11.1 Å². The average molecular weight is 439 g/mol. The Kier molecular flexibility index (Phi) is 6.11. The van der Waals surface area contributed by atoms with Crippen LogP contribution in [0.4, 0.5) is 0 Å². The van der Waals surface area contributed by atoms with Crippen LogP contribution in [0.5, 0.6) is 0 Å². The van der Waals surface area contributed by atoms with Crippen molar-refractivity contribution < 1.29 is 29.0 Å². The number of ether oxygens (including phenoxy) is 2. The molecule has 2 heterocycles. The van der Waals surface area contributed by atoms with Gasteiger partial charge in [-0.3, -0.25) is 14.5 Å². The van der Waals surface area contributed by atoms with Gasteiger partial charge in [-0.2, -0.15) is 0 Å². The minimum atomic E-state index is -1.16. The van der Waals surface area contributed by atoms with Gasteiger partial charge in [-0.05, 0) is 11.1 Å². The highest BCUT2D eigenvalue weighted by molar-refractivity contribution is 8.00. The number of hydrogen-bond acceptors (Lipinski definition) is 7. The number of β-lactam (4-membered cyclic amide) rings is 1. The molecule has 7 nitrogen and oxygen atoms in total. The normalized spacial score (nSPS) is 20.2. The molecule has 2 atom stereocenters. The van der Waals surface area contributed by atoms with Crippen LogP contribution in [-0.2, 0) is 23.9 Å². The molecule has 0 aliphatic carbocycles. The van der Waals surface area contributed by atoms with Crippen molar-refractivity contribution in [1.29, 1.82) is 0 Å². The van der Waals surface area contributed by atoms with E-state index < -0.39 is 35.4 Å². The molecule has 0 unspecified atom stereocenters. The van der Waals surface area contributed by atoms with Gasteiger partial charge in [-0.1, -0.05) is 60.7 Å². The van der Waals surface area contributed by atoms with Gasteiger partial charge in [0.2, 0.25) is 0 Å². The minimum Gasteiger partial charge on any atom is -0.461 e. The number of rotatable bonds is 6. The smallest absolute Gasteiger partial charge is 0.356 e. The first-order chi connectivity index (χ1) is 15.0. The van der Waals surface area contributed by atoms with Crippen molar-refractivity contribution in [3.8, 4) is 0 Å². The molecule has 0 aromatic heterocycles. The second kappa shape index (κ2) is 8.95. The minimum absolute atomic E-state index is 0.0390. The molecule has 0 saturated carbocycles. The highest BCUT2D eigenvalue weighted by atomic mass is 32.2. The van der Waals surface area contributed by atoms with E-state index in [0.29, 0.717) is 11.3 Å². The molecule has 2 aromatic rings. The van der Waals surface area contributed by atoms with Gasteiger partial charge in [0.05, 0.1) is 0 Å². The summed E-state index contributed by atoms with van der Waals surface area (Å²) in [6.07, 6.45) is -1.85. The Balaban J connectivity index is 1.68. The van der Waals surface area contributed by atoms with E-state index in [-0.39, 0.29) is 12.3 Å². The topological polar surface area (TPSA) is 93.1 Å². The summed E-state index contributed by atoms with van der Waals surface area (Å²) in [5, 5.41) is 9.43. The molecule has 31 heavy (non-hydrogen) atoms. The van der Waals surface area contributed by atoms with Gasteiger partial charge in [0, 0.05) is 18.2 Å². The van der Waals surface area contributed by atoms with E-state index in [4.69, 9.17) is 9.47 Å². The van der Waals surface area contributed by atoms with Gasteiger partial charge in [-0.15, -0.1) is 11.8 Å². The Labute approximate surface area is 183 Å². The summed E-state index contributed by atoms with van der Waals surface area (Å²) >= 11 is 1.32. The molecule has 2 aliphatic rings. The number of benzene rings is 2. The zero-order valence-electron chi connectivity index (χ0n) is 16.8. The summed E-state index contributed by atoms with van der Waals surface area (Å²) < 4.78 is 11.0. The molecule has 8 heteroatoms. The zero-order chi connectivity index (χ0) is 22.0. The fourth-order valence-electron chi connectivity index (χ4n) is 3.57. The van der Waals surface area contributed by atoms with Crippen molar-refractivity contribution in [2.45, 2.75) is 24.5 Å². The SMILES string of the molecule is CC(=O)OCC1=C(C(=O)OC(c2ccccc2)c2ccccc2)N2C(=O)[C@@H](O)[C@H]2SC1. The molecule has 0 radical (unpaired) electrons.